The van der Waals surface area contributed by atoms with E-state index in [0.717, 1.165) is 0 Å². The van der Waals surface area contributed by atoms with E-state index in [-0.39, 0.29) is 0 Å². The summed E-state index contributed by atoms with van der Waals surface area (Å²) in [6.07, 6.45) is 0. The molecule has 0 atom stereocenters. The molecule has 0 fully saturated rings. The van der Waals surface area contributed by atoms with Gasteiger partial charge in [-0.3, -0.25) is 0 Å². The van der Waals surface area contributed by atoms with Gasteiger partial charge in [0.2, 0.25) is 0 Å². The first-order valence-corrected chi connectivity index (χ1v) is 14.0. The van der Waals surface area contributed by atoms with Gasteiger partial charge in [0.15, 0.2) is 0 Å². The lowest BCUT2D eigenvalue weighted by molar-refractivity contribution is 1.01. The van der Waals surface area contributed by atoms with Gasteiger partial charge in [-0.15, -0.1) is 0 Å². The number of rotatable bonds is 2. The van der Waals surface area contributed by atoms with Crippen LogP contribution in [0.25, 0.3) is 76.4 Å². The number of hydrogen-bond donors (Lipinski definition) is 0. The zero-order chi connectivity index (χ0) is 27.0. The van der Waals surface area contributed by atoms with E-state index < -0.39 is 0 Å². The van der Waals surface area contributed by atoms with Gasteiger partial charge in [0.1, 0.15) is 0 Å². The van der Waals surface area contributed by atoms with E-state index in [0.29, 0.717) is 0 Å². The van der Waals surface area contributed by atoms with Crippen molar-refractivity contribution in [3.63, 3.8) is 0 Å². The SMILES string of the molecule is Cc1cc(-c2ccc3c4ccccc4c4ccccc4c3c2)cc(-c2ccc3c4cc(C)ccc4n(C)c3c2)c1. The summed E-state index contributed by atoms with van der Waals surface area (Å²) in [5, 5.41) is 10.5. The molecule has 1 nitrogen and oxygen atoms in total. The van der Waals surface area contributed by atoms with Crippen molar-refractivity contribution < 1.29 is 0 Å². The van der Waals surface area contributed by atoms with Gasteiger partial charge in [0, 0.05) is 28.9 Å². The third-order valence-electron chi connectivity index (χ3n) is 8.65. The van der Waals surface area contributed by atoms with Crippen LogP contribution in [0.3, 0.4) is 0 Å². The predicted octanol–water partition coefficient (Wildman–Crippen LogP) is 10.7. The standard InChI is InChI=1S/C39H29N/c1-24-12-17-38-37(20-24)35-16-14-27(23-39(35)40(38)3)29-19-25(2)18-28(21-29)26-13-15-34-32-10-5-4-8-30(32)31-9-6-7-11-33(31)36(34)22-26/h4-23H,1-3H3. The molecule has 0 bridgehead atoms. The zero-order valence-electron chi connectivity index (χ0n) is 23.0. The molecule has 0 N–H and O–H groups in total. The average molecular weight is 512 g/mol. The van der Waals surface area contributed by atoms with Crippen LogP contribution in [0.1, 0.15) is 11.1 Å². The van der Waals surface area contributed by atoms with Crippen LogP contribution in [0.2, 0.25) is 0 Å². The normalized spacial score (nSPS) is 11.9. The van der Waals surface area contributed by atoms with Gasteiger partial charge >= 0.3 is 0 Å². The molecule has 1 aromatic heterocycles. The fourth-order valence-electron chi connectivity index (χ4n) is 6.71. The highest BCUT2D eigenvalue weighted by atomic mass is 14.9. The molecule has 190 valence electrons. The molecule has 40 heavy (non-hydrogen) atoms. The van der Waals surface area contributed by atoms with Crippen molar-refractivity contribution in [2.45, 2.75) is 13.8 Å². The molecule has 0 saturated carbocycles. The molecule has 0 aliphatic heterocycles. The Kier molecular flexibility index (Phi) is 4.93. The Morgan fingerprint density at radius 3 is 1.55 bits per heavy atom. The summed E-state index contributed by atoms with van der Waals surface area (Å²) >= 11 is 0. The monoisotopic (exact) mass is 511 g/mol. The summed E-state index contributed by atoms with van der Waals surface area (Å²) in [5.74, 6) is 0. The molecule has 0 amide bonds. The maximum Gasteiger partial charge on any atom is 0.0494 e. The second kappa shape index (κ2) is 8.56. The largest absolute Gasteiger partial charge is 0.344 e. The molecular formula is C39H29N. The van der Waals surface area contributed by atoms with Gasteiger partial charge in [0.05, 0.1) is 0 Å². The fourth-order valence-corrected chi connectivity index (χ4v) is 6.71. The maximum absolute atomic E-state index is 2.39. The zero-order valence-corrected chi connectivity index (χ0v) is 23.0. The van der Waals surface area contributed by atoms with Crippen LogP contribution in [-0.4, -0.2) is 4.57 Å². The fraction of sp³-hybridized carbons (Fsp3) is 0.0769. The smallest absolute Gasteiger partial charge is 0.0494 e. The van der Waals surface area contributed by atoms with Crippen molar-refractivity contribution >= 4 is 54.1 Å². The first kappa shape index (κ1) is 23.0. The summed E-state index contributed by atoms with van der Waals surface area (Å²) in [7, 11) is 2.18. The molecule has 1 heterocycles. The third kappa shape index (κ3) is 3.41. The molecule has 7 aromatic carbocycles. The number of hydrogen-bond acceptors (Lipinski definition) is 0. The minimum absolute atomic E-state index is 1.25. The van der Waals surface area contributed by atoms with E-state index in [1.165, 1.54) is 87.5 Å². The van der Waals surface area contributed by atoms with Crippen LogP contribution in [0.15, 0.2) is 121 Å². The Morgan fingerprint density at radius 1 is 0.350 bits per heavy atom. The molecular weight excluding hydrogens is 482 g/mol. The van der Waals surface area contributed by atoms with Crippen LogP contribution < -0.4 is 0 Å². The molecule has 0 unspecified atom stereocenters. The minimum atomic E-state index is 1.25. The van der Waals surface area contributed by atoms with Crippen LogP contribution in [0.5, 0.6) is 0 Å². The summed E-state index contributed by atoms with van der Waals surface area (Å²) in [4.78, 5) is 0. The number of benzene rings is 7. The maximum atomic E-state index is 2.39. The number of fused-ring (bicyclic) bond motifs is 9. The Hall–Kier alpha value is -4.88. The molecule has 0 aliphatic rings. The quantitative estimate of drug-likeness (QED) is 0.203. The topological polar surface area (TPSA) is 4.93 Å². The van der Waals surface area contributed by atoms with Crippen molar-refractivity contribution in [2.75, 3.05) is 0 Å². The van der Waals surface area contributed by atoms with E-state index in [2.05, 4.69) is 147 Å². The molecule has 0 aliphatic carbocycles. The second-order valence-corrected chi connectivity index (χ2v) is 11.3. The van der Waals surface area contributed by atoms with Gasteiger partial charge in [-0.25, -0.2) is 0 Å². The lowest BCUT2D eigenvalue weighted by Gasteiger charge is -2.13. The predicted molar refractivity (Wildman–Crippen MR) is 173 cm³/mol. The lowest BCUT2D eigenvalue weighted by Crippen LogP contribution is -1.89. The Balaban J connectivity index is 1.32. The van der Waals surface area contributed by atoms with Crippen LogP contribution in [0, 0.1) is 13.8 Å². The lowest BCUT2D eigenvalue weighted by atomic mass is 9.91. The molecule has 0 saturated heterocycles. The van der Waals surface area contributed by atoms with Crippen LogP contribution in [0.4, 0.5) is 0 Å². The summed E-state index contributed by atoms with van der Waals surface area (Å²) in [5.41, 5.74) is 10.1. The highest BCUT2D eigenvalue weighted by molar-refractivity contribution is 6.25. The van der Waals surface area contributed by atoms with E-state index in [4.69, 9.17) is 0 Å². The molecule has 0 spiro atoms. The first-order valence-electron chi connectivity index (χ1n) is 14.0. The van der Waals surface area contributed by atoms with E-state index in [1.54, 1.807) is 0 Å². The second-order valence-electron chi connectivity index (χ2n) is 11.3. The van der Waals surface area contributed by atoms with Crippen molar-refractivity contribution in [2.24, 2.45) is 7.05 Å². The Labute approximate surface area is 233 Å². The number of aryl methyl sites for hydroxylation is 3. The van der Waals surface area contributed by atoms with Gasteiger partial charge in [0.25, 0.3) is 0 Å². The van der Waals surface area contributed by atoms with Crippen LogP contribution >= 0.6 is 0 Å². The molecule has 8 rings (SSSR count). The van der Waals surface area contributed by atoms with Gasteiger partial charge in [-0.05, 0) is 104 Å². The van der Waals surface area contributed by atoms with E-state index >= 15 is 0 Å². The van der Waals surface area contributed by atoms with Gasteiger partial charge in [-0.2, -0.15) is 0 Å². The van der Waals surface area contributed by atoms with E-state index in [1.807, 2.05) is 0 Å². The van der Waals surface area contributed by atoms with Crippen molar-refractivity contribution in [1.82, 2.24) is 4.57 Å². The summed E-state index contributed by atoms with van der Waals surface area (Å²) in [6, 6.07) is 45.2. The minimum Gasteiger partial charge on any atom is -0.344 e. The summed E-state index contributed by atoms with van der Waals surface area (Å²) in [6.45, 7) is 4.37. The highest BCUT2D eigenvalue weighted by Crippen LogP contribution is 2.38. The van der Waals surface area contributed by atoms with Crippen molar-refractivity contribution in [3.05, 3.63) is 132 Å². The summed E-state index contributed by atoms with van der Waals surface area (Å²) < 4.78 is 2.32. The number of nitrogens with zero attached hydrogens (tertiary/aromatic N) is 1. The average Bonchev–Trinajstić information content (AvgIpc) is 3.27. The van der Waals surface area contributed by atoms with Crippen molar-refractivity contribution in [3.8, 4) is 22.3 Å². The highest BCUT2D eigenvalue weighted by Gasteiger charge is 2.13. The number of aromatic nitrogens is 1. The Bertz CT molecular complexity index is 2260. The molecule has 8 aromatic rings. The first-order chi connectivity index (χ1) is 19.5. The third-order valence-corrected chi connectivity index (χ3v) is 8.65. The van der Waals surface area contributed by atoms with Crippen molar-refractivity contribution in [1.29, 1.82) is 0 Å². The van der Waals surface area contributed by atoms with E-state index in [9.17, 15) is 0 Å². The van der Waals surface area contributed by atoms with Gasteiger partial charge in [-0.1, -0.05) is 96.6 Å². The Morgan fingerprint density at radius 2 is 0.900 bits per heavy atom. The molecule has 0 radical (unpaired) electrons. The van der Waals surface area contributed by atoms with Gasteiger partial charge < -0.3 is 4.57 Å². The molecule has 1 heteroatoms. The van der Waals surface area contributed by atoms with Crippen LogP contribution in [-0.2, 0) is 7.05 Å².